The molecule has 0 fully saturated rings. The van der Waals surface area contributed by atoms with Crippen molar-refractivity contribution in [2.75, 3.05) is 11.9 Å². The van der Waals surface area contributed by atoms with Crippen LogP contribution in [0.15, 0.2) is 35.7 Å². The van der Waals surface area contributed by atoms with Crippen LogP contribution in [0.3, 0.4) is 0 Å². The minimum Gasteiger partial charge on any atom is -0.370 e. The molecular formula is C14H18N2OS. The van der Waals surface area contributed by atoms with Gasteiger partial charge in [0.1, 0.15) is 5.82 Å². The van der Waals surface area contributed by atoms with Crippen molar-refractivity contribution >= 4 is 17.2 Å². The molecule has 18 heavy (non-hydrogen) atoms. The lowest BCUT2D eigenvalue weighted by molar-refractivity contribution is 0.107. The Kier molecular flexibility index (Phi) is 5.17. The second kappa shape index (κ2) is 7.13. The number of nitrogens with one attached hydrogen (secondary N) is 1. The number of ether oxygens (including phenoxy) is 1. The van der Waals surface area contributed by atoms with Gasteiger partial charge in [-0.3, -0.25) is 0 Å². The SMILES string of the molecule is CCCNc1cccc(COCc2cccs2)n1. The van der Waals surface area contributed by atoms with Crippen LogP contribution in [0.25, 0.3) is 0 Å². The van der Waals surface area contributed by atoms with Crippen molar-refractivity contribution in [2.24, 2.45) is 0 Å². The summed E-state index contributed by atoms with van der Waals surface area (Å²) in [5.74, 6) is 0.925. The summed E-state index contributed by atoms with van der Waals surface area (Å²) in [7, 11) is 0. The zero-order valence-corrected chi connectivity index (χ0v) is 11.4. The molecule has 2 heterocycles. The highest BCUT2D eigenvalue weighted by Crippen LogP contribution is 2.11. The van der Waals surface area contributed by atoms with E-state index in [9.17, 15) is 0 Å². The maximum absolute atomic E-state index is 5.64. The Morgan fingerprint density at radius 3 is 2.94 bits per heavy atom. The Bertz CT molecular complexity index is 457. The topological polar surface area (TPSA) is 34.1 Å². The first-order valence-electron chi connectivity index (χ1n) is 6.18. The lowest BCUT2D eigenvalue weighted by atomic mass is 10.3. The van der Waals surface area contributed by atoms with E-state index in [2.05, 4.69) is 28.7 Å². The normalized spacial score (nSPS) is 10.5. The molecule has 1 N–H and O–H groups in total. The molecule has 4 heteroatoms. The summed E-state index contributed by atoms with van der Waals surface area (Å²) in [6.45, 7) is 4.30. The van der Waals surface area contributed by atoms with Gasteiger partial charge in [0.25, 0.3) is 0 Å². The largest absolute Gasteiger partial charge is 0.370 e. The highest BCUT2D eigenvalue weighted by atomic mass is 32.1. The average molecular weight is 262 g/mol. The third kappa shape index (κ3) is 4.13. The first-order chi connectivity index (χ1) is 8.88. The Morgan fingerprint density at radius 1 is 1.22 bits per heavy atom. The predicted octanol–water partition coefficient (Wildman–Crippen LogP) is 3.68. The van der Waals surface area contributed by atoms with Gasteiger partial charge in [0.2, 0.25) is 0 Å². The third-order valence-corrected chi connectivity index (χ3v) is 3.29. The summed E-state index contributed by atoms with van der Waals surface area (Å²) in [6, 6.07) is 10.1. The van der Waals surface area contributed by atoms with E-state index in [1.165, 1.54) is 4.88 Å². The molecule has 0 unspecified atom stereocenters. The van der Waals surface area contributed by atoms with Gasteiger partial charge in [-0.05, 0) is 30.0 Å². The van der Waals surface area contributed by atoms with E-state index in [0.717, 1.165) is 24.5 Å². The Labute approximate surface area is 112 Å². The zero-order valence-electron chi connectivity index (χ0n) is 10.6. The van der Waals surface area contributed by atoms with E-state index in [4.69, 9.17) is 4.74 Å². The lowest BCUT2D eigenvalue weighted by Crippen LogP contribution is -2.04. The predicted molar refractivity (Wildman–Crippen MR) is 75.8 cm³/mol. The fourth-order valence-corrected chi connectivity index (χ4v) is 2.20. The summed E-state index contributed by atoms with van der Waals surface area (Å²) in [4.78, 5) is 5.74. The lowest BCUT2D eigenvalue weighted by Gasteiger charge is -2.06. The Morgan fingerprint density at radius 2 is 2.17 bits per heavy atom. The minimum atomic E-state index is 0.555. The van der Waals surface area contributed by atoms with Crippen molar-refractivity contribution in [3.63, 3.8) is 0 Å². The molecule has 0 aromatic carbocycles. The van der Waals surface area contributed by atoms with Crippen LogP contribution >= 0.6 is 11.3 Å². The Balaban J connectivity index is 1.81. The molecule has 3 nitrogen and oxygen atoms in total. The van der Waals surface area contributed by atoms with Gasteiger partial charge in [0.15, 0.2) is 0 Å². The second-order valence-corrected chi connectivity index (χ2v) is 5.05. The highest BCUT2D eigenvalue weighted by Gasteiger charge is 1.99. The molecule has 0 saturated carbocycles. The highest BCUT2D eigenvalue weighted by molar-refractivity contribution is 7.09. The number of pyridine rings is 1. The van der Waals surface area contributed by atoms with Gasteiger partial charge in [0, 0.05) is 11.4 Å². The van der Waals surface area contributed by atoms with Gasteiger partial charge in [-0.25, -0.2) is 4.98 Å². The standard InChI is InChI=1S/C14H18N2OS/c1-2-8-15-14-7-3-5-12(16-14)10-17-11-13-6-4-9-18-13/h3-7,9H,2,8,10-11H2,1H3,(H,15,16). The first-order valence-corrected chi connectivity index (χ1v) is 7.06. The van der Waals surface area contributed by atoms with Crippen LogP contribution in [0.4, 0.5) is 5.82 Å². The summed E-state index contributed by atoms with van der Waals surface area (Å²) in [5, 5.41) is 5.34. The summed E-state index contributed by atoms with van der Waals surface area (Å²) in [5.41, 5.74) is 0.965. The van der Waals surface area contributed by atoms with Gasteiger partial charge >= 0.3 is 0 Å². The zero-order chi connectivity index (χ0) is 12.6. The average Bonchev–Trinajstić information content (AvgIpc) is 2.90. The number of anilines is 1. The molecule has 0 bridgehead atoms. The third-order valence-electron chi connectivity index (χ3n) is 2.44. The maximum atomic E-state index is 5.64. The molecule has 0 aliphatic heterocycles. The number of rotatable bonds is 7. The molecular weight excluding hydrogens is 244 g/mol. The van der Waals surface area contributed by atoms with Crippen molar-refractivity contribution in [2.45, 2.75) is 26.6 Å². The minimum absolute atomic E-state index is 0.555. The number of thiophene rings is 1. The van der Waals surface area contributed by atoms with Crippen LogP contribution < -0.4 is 5.32 Å². The molecule has 2 aromatic rings. The van der Waals surface area contributed by atoms with Crippen LogP contribution in [-0.2, 0) is 18.0 Å². The number of hydrogen-bond acceptors (Lipinski definition) is 4. The molecule has 0 saturated heterocycles. The number of aromatic nitrogens is 1. The van der Waals surface area contributed by atoms with Gasteiger partial charge in [-0.2, -0.15) is 0 Å². The quantitative estimate of drug-likeness (QED) is 0.826. The molecule has 2 aromatic heterocycles. The van der Waals surface area contributed by atoms with Crippen molar-refractivity contribution in [1.29, 1.82) is 0 Å². The van der Waals surface area contributed by atoms with Crippen molar-refractivity contribution in [1.82, 2.24) is 4.98 Å². The molecule has 0 amide bonds. The smallest absolute Gasteiger partial charge is 0.126 e. The van der Waals surface area contributed by atoms with E-state index in [-0.39, 0.29) is 0 Å². The van der Waals surface area contributed by atoms with Gasteiger partial charge < -0.3 is 10.1 Å². The molecule has 96 valence electrons. The molecule has 0 atom stereocenters. The van der Waals surface area contributed by atoms with E-state index >= 15 is 0 Å². The van der Waals surface area contributed by atoms with Crippen LogP contribution in [-0.4, -0.2) is 11.5 Å². The van der Waals surface area contributed by atoms with E-state index in [1.807, 2.05) is 24.3 Å². The van der Waals surface area contributed by atoms with Crippen LogP contribution in [0, 0.1) is 0 Å². The molecule has 0 aliphatic carbocycles. The first kappa shape index (κ1) is 13.1. The Hall–Kier alpha value is -1.39. The monoisotopic (exact) mass is 262 g/mol. The van der Waals surface area contributed by atoms with Crippen LogP contribution in [0.5, 0.6) is 0 Å². The molecule has 0 radical (unpaired) electrons. The number of nitrogens with zero attached hydrogens (tertiary/aromatic N) is 1. The van der Waals surface area contributed by atoms with Crippen LogP contribution in [0.1, 0.15) is 23.9 Å². The second-order valence-electron chi connectivity index (χ2n) is 4.01. The van der Waals surface area contributed by atoms with Gasteiger partial charge in [0.05, 0.1) is 18.9 Å². The van der Waals surface area contributed by atoms with Crippen LogP contribution in [0.2, 0.25) is 0 Å². The number of hydrogen-bond donors (Lipinski definition) is 1. The van der Waals surface area contributed by atoms with E-state index < -0.39 is 0 Å². The van der Waals surface area contributed by atoms with Crippen molar-refractivity contribution < 1.29 is 4.74 Å². The molecule has 2 rings (SSSR count). The van der Waals surface area contributed by atoms with E-state index in [0.29, 0.717) is 13.2 Å². The summed E-state index contributed by atoms with van der Waals surface area (Å²) in [6.07, 6.45) is 1.10. The van der Waals surface area contributed by atoms with Gasteiger partial charge in [-0.15, -0.1) is 11.3 Å². The molecule has 0 aliphatic rings. The molecule has 0 spiro atoms. The maximum Gasteiger partial charge on any atom is 0.126 e. The van der Waals surface area contributed by atoms with E-state index in [1.54, 1.807) is 11.3 Å². The fraction of sp³-hybridized carbons (Fsp3) is 0.357. The van der Waals surface area contributed by atoms with Crippen molar-refractivity contribution in [3.8, 4) is 0 Å². The summed E-state index contributed by atoms with van der Waals surface area (Å²) < 4.78 is 5.64. The summed E-state index contributed by atoms with van der Waals surface area (Å²) >= 11 is 1.71. The van der Waals surface area contributed by atoms with Gasteiger partial charge in [-0.1, -0.05) is 19.1 Å². The van der Waals surface area contributed by atoms with Crippen molar-refractivity contribution in [3.05, 3.63) is 46.3 Å². The fourth-order valence-electron chi connectivity index (χ4n) is 1.56.